The molecule has 0 aromatic heterocycles. The van der Waals surface area contributed by atoms with Crippen LogP contribution < -0.4 is 9.80 Å². The first kappa shape index (κ1) is 41.0. The van der Waals surface area contributed by atoms with Gasteiger partial charge in [-0.3, -0.25) is 0 Å². The second kappa shape index (κ2) is 19.3. The van der Waals surface area contributed by atoms with Crippen LogP contribution in [0.25, 0.3) is 0 Å². The number of anilines is 4. The Balaban J connectivity index is 0.00000202. The molecule has 0 bridgehead atoms. The van der Waals surface area contributed by atoms with Crippen molar-refractivity contribution in [2.24, 2.45) is 0 Å². The molecule has 2 heteroatoms. The third-order valence-corrected chi connectivity index (χ3v) is 10.3. The second-order valence-electron chi connectivity index (χ2n) is 15.0. The molecule has 4 aromatic carbocycles. The Labute approximate surface area is 323 Å². The average Bonchev–Trinajstić information content (AvgIpc) is 3.36. The van der Waals surface area contributed by atoms with Crippen molar-refractivity contribution in [1.82, 2.24) is 0 Å². The molecule has 53 heavy (non-hydrogen) atoms. The molecular weight excluding hydrogens is 641 g/mol. The zero-order valence-corrected chi connectivity index (χ0v) is 34.6. The molecule has 0 unspecified atom stereocenters. The highest BCUT2D eigenvalue weighted by Crippen LogP contribution is 2.45. The van der Waals surface area contributed by atoms with E-state index in [1.807, 2.05) is 0 Å². The summed E-state index contributed by atoms with van der Waals surface area (Å²) in [6.45, 7) is 24.6. The van der Waals surface area contributed by atoms with Crippen molar-refractivity contribution in [3.8, 4) is 0 Å². The number of allylic oxidation sites excluding steroid dienone is 6. The van der Waals surface area contributed by atoms with Gasteiger partial charge in [0.15, 0.2) is 0 Å². The van der Waals surface area contributed by atoms with Gasteiger partial charge in [0.1, 0.15) is 0 Å². The minimum Gasteiger partial charge on any atom is -0.314 e. The first-order valence-corrected chi connectivity index (χ1v) is 20.0. The Morgan fingerprint density at radius 1 is 0.698 bits per heavy atom. The van der Waals surface area contributed by atoms with Crippen molar-refractivity contribution in [2.75, 3.05) is 9.80 Å². The maximum atomic E-state index is 3.49. The van der Waals surface area contributed by atoms with Crippen LogP contribution in [-0.2, 0) is 5.41 Å². The van der Waals surface area contributed by atoms with E-state index in [-0.39, 0.29) is 5.41 Å². The van der Waals surface area contributed by atoms with Crippen LogP contribution in [0.4, 0.5) is 22.7 Å². The van der Waals surface area contributed by atoms with Crippen LogP contribution in [0.3, 0.4) is 0 Å². The lowest BCUT2D eigenvalue weighted by molar-refractivity contribution is 0.394. The highest BCUT2D eigenvalue weighted by atomic mass is 15.2. The lowest BCUT2D eigenvalue weighted by Gasteiger charge is -2.37. The summed E-state index contributed by atoms with van der Waals surface area (Å²) in [7, 11) is 0. The molecule has 1 aliphatic carbocycles. The summed E-state index contributed by atoms with van der Waals surface area (Å²) >= 11 is 0. The first-order valence-electron chi connectivity index (χ1n) is 20.0. The van der Waals surface area contributed by atoms with Crippen LogP contribution in [0.5, 0.6) is 0 Å². The number of benzene rings is 4. The van der Waals surface area contributed by atoms with E-state index in [0.717, 1.165) is 37.0 Å². The maximum absolute atomic E-state index is 3.49. The molecule has 1 aliphatic rings. The first-order chi connectivity index (χ1) is 25.5. The van der Waals surface area contributed by atoms with Gasteiger partial charge >= 0.3 is 0 Å². The Morgan fingerprint density at radius 2 is 1.23 bits per heavy atom. The van der Waals surface area contributed by atoms with Crippen molar-refractivity contribution in [1.29, 1.82) is 0 Å². The molecule has 0 aliphatic heterocycles. The molecule has 0 atom stereocenters. The highest BCUT2D eigenvalue weighted by Gasteiger charge is 2.32. The zero-order chi connectivity index (χ0) is 38.5. The monoisotopic (exact) mass is 705 g/mol. The minimum atomic E-state index is -0.0384. The summed E-state index contributed by atoms with van der Waals surface area (Å²) in [5, 5.41) is 0. The Hall–Kier alpha value is -4.78. The molecule has 0 spiro atoms. The molecule has 0 amide bonds. The van der Waals surface area contributed by atoms with E-state index in [1.165, 1.54) is 62.7 Å². The Morgan fingerprint density at radius 3 is 1.74 bits per heavy atom. The summed E-state index contributed by atoms with van der Waals surface area (Å²) in [4.78, 5) is 4.88. The topological polar surface area (TPSA) is 6.48 Å². The summed E-state index contributed by atoms with van der Waals surface area (Å²) in [5.74, 6) is 0.407. The molecule has 0 saturated heterocycles. The Kier molecular flexibility index (Phi) is 15.0. The van der Waals surface area contributed by atoms with Gasteiger partial charge in [0.05, 0.1) is 5.70 Å². The summed E-state index contributed by atoms with van der Waals surface area (Å²) in [5.41, 5.74) is 18.4. The van der Waals surface area contributed by atoms with Gasteiger partial charge in [-0.1, -0.05) is 116 Å². The molecule has 5 rings (SSSR count). The van der Waals surface area contributed by atoms with Gasteiger partial charge in [-0.05, 0) is 153 Å². The fourth-order valence-corrected chi connectivity index (χ4v) is 7.33. The van der Waals surface area contributed by atoms with Crippen LogP contribution in [0, 0.1) is 20.8 Å². The van der Waals surface area contributed by atoms with Crippen molar-refractivity contribution >= 4 is 22.7 Å². The van der Waals surface area contributed by atoms with E-state index in [1.54, 1.807) is 0 Å². The standard InChI is InChI=1S/C48H56N2.C3H8/c1-10-40(49(42-22-14-18-37(7)31-42)41-21-13-17-36(6)25-26-41)29-30-48(11-2,12-3)47-34-45(27-28-46(47)35(4)5)50(43-23-15-19-38(8)32-43)44-24-16-20-39(9)33-44;1-3-2/h13-24,26-29,31-35H,10-12,30H2,1-9H3;3H2,1-2H3/b40-29+;. The smallest absolute Gasteiger partial charge is 0.0535 e. The molecule has 0 heterocycles. The molecule has 0 N–H and O–H groups in total. The quantitative estimate of drug-likeness (QED) is 0.128. The predicted octanol–water partition coefficient (Wildman–Crippen LogP) is 15.4. The summed E-state index contributed by atoms with van der Waals surface area (Å²) in [6.07, 6.45) is 16.4. The number of hydrogen-bond acceptors (Lipinski definition) is 2. The maximum Gasteiger partial charge on any atom is 0.0535 e. The van der Waals surface area contributed by atoms with Crippen LogP contribution in [0.2, 0.25) is 0 Å². The molecule has 0 saturated carbocycles. The molecule has 4 aromatic rings. The lowest BCUT2D eigenvalue weighted by atomic mass is 9.70. The Bertz CT molecular complexity index is 1930. The zero-order valence-electron chi connectivity index (χ0n) is 34.6. The normalized spacial score (nSPS) is 12.9. The van der Waals surface area contributed by atoms with Crippen molar-refractivity contribution < 1.29 is 0 Å². The lowest BCUT2D eigenvalue weighted by Crippen LogP contribution is -2.28. The summed E-state index contributed by atoms with van der Waals surface area (Å²) in [6, 6.07) is 33.9. The van der Waals surface area contributed by atoms with Gasteiger partial charge in [0, 0.05) is 34.5 Å². The molecular formula is C51H64N2. The predicted molar refractivity (Wildman–Crippen MR) is 234 cm³/mol. The van der Waals surface area contributed by atoms with Crippen molar-refractivity contribution in [3.63, 3.8) is 0 Å². The van der Waals surface area contributed by atoms with E-state index < -0.39 is 0 Å². The highest BCUT2D eigenvalue weighted by molar-refractivity contribution is 5.78. The van der Waals surface area contributed by atoms with Crippen LogP contribution >= 0.6 is 0 Å². The third-order valence-electron chi connectivity index (χ3n) is 10.3. The van der Waals surface area contributed by atoms with E-state index in [9.17, 15) is 0 Å². The van der Waals surface area contributed by atoms with Crippen LogP contribution in [-0.4, -0.2) is 0 Å². The third kappa shape index (κ3) is 10.2. The van der Waals surface area contributed by atoms with Crippen molar-refractivity contribution in [2.45, 2.75) is 120 Å². The van der Waals surface area contributed by atoms with E-state index >= 15 is 0 Å². The molecule has 0 radical (unpaired) electrons. The van der Waals surface area contributed by atoms with Gasteiger partial charge in [-0.25, -0.2) is 0 Å². The van der Waals surface area contributed by atoms with Crippen LogP contribution in [0.1, 0.15) is 121 Å². The summed E-state index contributed by atoms with van der Waals surface area (Å²) < 4.78 is 0. The van der Waals surface area contributed by atoms with E-state index in [2.05, 4.69) is 213 Å². The fourth-order valence-electron chi connectivity index (χ4n) is 7.33. The van der Waals surface area contributed by atoms with Gasteiger partial charge in [0.2, 0.25) is 0 Å². The van der Waals surface area contributed by atoms with Gasteiger partial charge < -0.3 is 9.80 Å². The molecule has 278 valence electrons. The number of hydrogen-bond donors (Lipinski definition) is 0. The van der Waals surface area contributed by atoms with Gasteiger partial charge in [-0.2, -0.15) is 0 Å². The number of nitrogens with zero attached hydrogens (tertiary/aromatic N) is 2. The average molecular weight is 705 g/mol. The van der Waals surface area contributed by atoms with Crippen molar-refractivity contribution in [3.05, 3.63) is 172 Å². The van der Waals surface area contributed by atoms with E-state index in [4.69, 9.17) is 0 Å². The van der Waals surface area contributed by atoms with E-state index in [0.29, 0.717) is 5.92 Å². The molecule has 0 fully saturated rings. The number of rotatable bonds is 13. The van der Waals surface area contributed by atoms with Crippen LogP contribution in [0.15, 0.2) is 144 Å². The fraction of sp³-hybridized carbons (Fsp3) is 0.353. The SMILES string of the molecule is CC/C(=C\CC(CC)(CC)c1cc(N(c2cccc(C)c2)c2cccc(C)c2)ccc1C(C)C)N(C1=CC=CC(C)=C=C1)c1cccc(C)c1.CCC. The van der Waals surface area contributed by atoms with Gasteiger partial charge in [0.25, 0.3) is 0 Å². The minimum absolute atomic E-state index is 0.0384. The number of aryl methyl sites for hydroxylation is 3. The second-order valence-corrected chi connectivity index (χ2v) is 15.0. The molecule has 2 nitrogen and oxygen atoms in total. The van der Waals surface area contributed by atoms with Gasteiger partial charge in [-0.15, -0.1) is 5.73 Å². The largest absolute Gasteiger partial charge is 0.314 e.